The molecule has 3 N–H and O–H groups in total. The molecule has 0 radical (unpaired) electrons. The van der Waals surface area contributed by atoms with Gasteiger partial charge in [0.05, 0.1) is 22.1 Å². The third kappa shape index (κ3) is 4.37. The molecule has 0 saturated heterocycles. The summed E-state index contributed by atoms with van der Waals surface area (Å²) >= 11 is 11.7. The van der Waals surface area contributed by atoms with E-state index in [4.69, 9.17) is 28.9 Å². The minimum atomic E-state index is -0.0982. The normalized spacial score (nSPS) is 10.6. The minimum absolute atomic E-state index is 0.0982. The zero-order valence-electron chi connectivity index (χ0n) is 11.6. The van der Waals surface area contributed by atoms with Crippen LogP contribution in [0.25, 0.3) is 0 Å². The Bertz CT molecular complexity index is 635. The highest BCUT2D eigenvalue weighted by Crippen LogP contribution is 2.22. The molecule has 0 atom stereocenters. The van der Waals surface area contributed by atoms with E-state index in [0.717, 1.165) is 5.69 Å². The van der Waals surface area contributed by atoms with Crippen molar-refractivity contribution in [2.45, 2.75) is 26.3 Å². The lowest BCUT2D eigenvalue weighted by atomic mass is 10.2. The van der Waals surface area contributed by atoms with Crippen LogP contribution in [0.1, 0.15) is 18.5 Å². The highest BCUT2D eigenvalue weighted by molar-refractivity contribution is 6.31. The number of carbonyl (C=O) groups is 1. The summed E-state index contributed by atoms with van der Waals surface area (Å²) in [6.07, 6.45) is 2.79. The number of hydrogen-bond donors (Lipinski definition) is 2. The molecular weight excluding hydrogens is 311 g/mol. The van der Waals surface area contributed by atoms with Crippen LogP contribution in [0, 0.1) is 6.92 Å². The maximum atomic E-state index is 11.9. The van der Waals surface area contributed by atoms with Crippen LogP contribution in [-0.4, -0.2) is 15.7 Å². The number of hydrogen-bond acceptors (Lipinski definition) is 3. The summed E-state index contributed by atoms with van der Waals surface area (Å²) in [5.41, 5.74) is 7.59. The molecule has 5 nitrogen and oxygen atoms in total. The summed E-state index contributed by atoms with van der Waals surface area (Å²) < 4.78 is 1.74. The van der Waals surface area contributed by atoms with Crippen LogP contribution in [0.3, 0.4) is 0 Å². The second-order valence-electron chi connectivity index (χ2n) is 4.71. The number of halogens is 2. The number of nitrogen functional groups attached to an aromatic ring is 1. The number of nitrogens with two attached hydrogens (primary N) is 1. The standard InChI is InChI=1S/C14H16Cl2N4O/c1-9-11(16)8-20(19-9)6-2-3-14(21)18-13-5-4-10(15)7-12(13)17/h4-5,7-8H,2-3,6,17H2,1H3,(H,18,21). The first kappa shape index (κ1) is 15.7. The number of aromatic nitrogens is 2. The van der Waals surface area contributed by atoms with Gasteiger partial charge >= 0.3 is 0 Å². The maximum Gasteiger partial charge on any atom is 0.224 e. The topological polar surface area (TPSA) is 72.9 Å². The van der Waals surface area contributed by atoms with Crippen LogP contribution < -0.4 is 11.1 Å². The predicted octanol–water partition coefficient (Wildman–Crippen LogP) is 3.50. The molecule has 0 fully saturated rings. The zero-order chi connectivity index (χ0) is 15.4. The van der Waals surface area contributed by atoms with Gasteiger partial charge in [0, 0.05) is 24.2 Å². The lowest BCUT2D eigenvalue weighted by Crippen LogP contribution is -2.13. The zero-order valence-corrected chi connectivity index (χ0v) is 13.1. The molecule has 0 aliphatic heterocycles. The van der Waals surface area contributed by atoms with Gasteiger partial charge in [-0.3, -0.25) is 9.48 Å². The molecular formula is C14H16Cl2N4O. The molecule has 0 aliphatic carbocycles. The fourth-order valence-electron chi connectivity index (χ4n) is 1.87. The van der Waals surface area contributed by atoms with E-state index in [0.29, 0.717) is 40.8 Å². The van der Waals surface area contributed by atoms with Gasteiger partial charge in [-0.1, -0.05) is 23.2 Å². The molecule has 1 aromatic heterocycles. The average molecular weight is 327 g/mol. The summed E-state index contributed by atoms with van der Waals surface area (Å²) in [5.74, 6) is -0.0982. The Kier molecular flexibility index (Phi) is 5.09. The van der Waals surface area contributed by atoms with E-state index in [1.807, 2.05) is 6.92 Å². The van der Waals surface area contributed by atoms with Crippen LogP contribution in [0.4, 0.5) is 11.4 Å². The Hall–Kier alpha value is -1.72. The van der Waals surface area contributed by atoms with E-state index in [1.54, 1.807) is 29.1 Å². The number of nitrogens with zero attached hydrogens (tertiary/aromatic N) is 2. The molecule has 2 aromatic rings. The van der Waals surface area contributed by atoms with Gasteiger partial charge in [0.2, 0.25) is 5.91 Å². The van der Waals surface area contributed by atoms with E-state index in [2.05, 4.69) is 10.4 Å². The highest BCUT2D eigenvalue weighted by Gasteiger charge is 2.07. The molecule has 0 aliphatic rings. The summed E-state index contributed by atoms with van der Waals surface area (Å²) in [7, 11) is 0. The lowest BCUT2D eigenvalue weighted by molar-refractivity contribution is -0.116. The Morgan fingerprint density at radius 1 is 1.43 bits per heavy atom. The fourth-order valence-corrected chi connectivity index (χ4v) is 2.20. The van der Waals surface area contributed by atoms with Crippen molar-refractivity contribution >= 4 is 40.5 Å². The Morgan fingerprint density at radius 3 is 2.81 bits per heavy atom. The van der Waals surface area contributed by atoms with Gasteiger partial charge in [-0.2, -0.15) is 5.10 Å². The van der Waals surface area contributed by atoms with Gasteiger partial charge in [-0.15, -0.1) is 0 Å². The summed E-state index contributed by atoms with van der Waals surface area (Å²) in [6, 6.07) is 4.97. The van der Waals surface area contributed by atoms with Gasteiger partial charge < -0.3 is 11.1 Å². The first-order valence-electron chi connectivity index (χ1n) is 6.50. The molecule has 0 spiro atoms. The molecule has 2 rings (SSSR count). The number of carbonyl (C=O) groups excluding carboxylic acids is 1. The monoisotopic (exact) mass is 326 g/mol. The number of nitrogens with one attached hydrogen (secondary N) is 1. The van der Waals surface area contributed by atoms with Crippen LogP contribution >= 0.6 is 23.2 Å². The quantitative estimate of drug-likeness (QED) is 0.826. The Labute approximate surface area is 133 Å². The molecule has 7 heteroatoms. The first-order chi connectivity index (χ1) is 9.95. The van der Waals surface area contributed by atoms with E-state index >= 15 is 0 Å². The number of amides is 1. The SMILES string of the molecule is Cc1nn(CCCC(=O)Nc2ccc(Cl)cc2N)cc1Cl. The summed E-state index contributed by atoms with van der Waals surface area (Å²) in [5, 5.41) is 8.17. The van der Waals surface area contributed by atoms with Gasteiger partial charge in [-0.25, -0.2) is 0 Å². The molecule has 0 bridgehead atoms. The smallest absolute Gasteiger partial charge is 0.224 e. The van der Waals surface area contributed by atoms with Gasteiger partial charge in [0.1, 0.15) is 0 Å². The number of rotatable bonds is 5. The molecule has 21 heavy (non-hydrogen) atoms. The highest BCUT2D eigenvalue weighted by atomic mass is 35.5. The predicted molar refractivity (Wildman–Crippen MR) is 85.7 cm³/mol. The van der Waals surface area contributed by atoms with Crippen molar-refractivity contribution in [3.05, 3.63) is 40.1 Å². The van der Waals surface area contributed by atoms with Crippen molar-refractivity contribution in [1.82, 2.24) is 9.78 Å². The van der Waals surface area contributed by atoms with Crippen LogP contribution in [-0.2, 0) is 11.3 Å². The lowest BCUT2D eigenvalue weighted by Gasteiger charge is -2.08. The third-order valence-electron chi connectivity index (χ3n) is 2.97. The first-order valence-corrected chi connectivity index (χ1v) is 7.25. The fraction of sp³-hybridized carbons (Fsp3) is 0.286. The number of benzene rings is 1. The van der Waals surface area contributed by atoms with Crippen LogP contribution in [0.5, 0.6) is 0 Å². The van der Waals surface area contributed by atoms with Crippen molar-refractivity contribution in [3.8, 4) is 0 Å². The average Bonchev–Trinajstić information content (AvgIpc) is 2.72. The van der Waals surface area contributed by atoms with Crippen molar-refractivity contribution in [1.29, 1.82) is 0 Å². The second-order valence-corrected chi connectivity index (χ2v) is 5.55. The molecule has 112 valence electrons. The van der Waals surface area contributed by atoms with Gasteiger partial charge in [0.25, 0.3) is 0 Å². The van der Waals surface area contributed by atoms with Crippen molar-refractivity contribution < 1.29 is 4.79 Å². The van der Waals surface area contributed by atoms with E-state index in [1.165, 1.54) is 0 Å². The Balaban J connectivity index is 1.82. The third-order valence-corrected chi connectivity index (χ3v) is 3.57. The molecule has 0 saturated carbocycles. The van der Waals surface area contributed by atoms with E-state index < -0.39 is 0 Å². The van der Waals surface area contributed by atoms with E-state index in [-0.39, 0.29) is 5.91 Å². The summed E-state index contributed by atoms with van der Waals surface area (Å²) in [4.78, 5) is 11.9. The summed E-state index contributed by atoms with van der Waals surface area (Å²) in [6.45, 7) is 2.48. The van der Waals surface area contributed by atoms with Crippen LogP contribution in [0.2, 0.25) is 10.0 Å². The molecule has 1 aromatic carbocycles. The molecule has 1 heterocycles. The van der Waals surface area contributed by atoms with Gasteiger partial charge in [0.15, 0.2) is 0 Å². The molecule has 0 unspecified atom stereocenters. The Morgan fingerprint density at radius 2 is 2.19 bits per heavy atom. The second kappa shape index (κ2) is 6.83. The van der Waals surface area contributed by atoms with Crippen molar-refractivity contribution in [2.75, 3.05) is 11.1 Å². The minimum Gasteiger partial charge on any atom is -0.397 e. The van der Waals surface area contributed by atoms with Crippen molar-refractivity contribution in [2.24, 2.45) is 0 Å². The molecule has 1 amide bonds. The largest absolute Gasteiger partial charge is 0.397 e. The number of aryl methyl sites for hydroxylation is 2. The van der Waals surface area contributed by atoms with Gasteiger partial charge in [-0.05, 0) is 31.5 Å². The maximum absolute atomic E-state index is 11.9. The van der Waals surface area contributed by atoms with E-state index in [9.17, 15) is 4.79 Å². The van der Waals surface area contributed by atoms with Crippen molar-refractivity contribution in [3.63, 3.8) is 0 Å². The van der Waals surface area contributed by atoms with Crippen LogP contribution in [0.15, 0.2) is 24.4 Å². The number of anilines is 2.